The molecular formula is C17H22N6O. The number of hydrogen-bond acceptors (Lipinski definition) is 3. The molecule has 7 nitrogen and oxygen atoms in total. The molecular weight excluding hydrogens is 304 g/mol. The number of benzene rings is 1. The second kappa shape index (κ2) is 6.74. The molecule has 24 heavy (non-hydrogen) atoms. The van der Waals surface area contributed by atoms with Gasteiger partial charge in [-0.15, -0.1) is 0 Å². The molecule has 0 bridgehead atoms. The quantitative estimate of drug-likeness (QED) is 0.756. The second-order valence-corrected chi connectivity index (χ2v) is 5.68. The molecule has 0 aliphatic rings. The fourth-order valence-corrected chi connectivity index (χ4v) is 2.59. The molecule has 0 aliphatic carbocycles. The number of carbonyl (C=O) groups is 1. The zero-order valence-electron chi connectivity index (χ0n) is 14.2. The number of rotatable bonds is 5. The van der Waals surface area contributed by atoms with Crippen molar-refractivity contribution in [1.82, 2.24) is 24.4 Å². The summed E-state index contributed by atoms with van der Waals surface area (Å²) in [5, 5.41) is 2.91. The first-order valence-electron chi connectivity index (χ1n) is 8.11. The van der Waals surface area contributed by atoms with Crippen LogP contribution in [-0.4, -0.2) is 37.5 Å². The number of amides is 2. The van der Waals surface area contributed by atoms with E-state index < -0.39 is 0 Å². The summed E-state index contributed by atoms with van der Waals surface area (Å²) in [6.45, 7) is 5.39. The van der Waals surface area contributed by atoms with Crippen LogP contribution in [0.5, 0.6) is 0 Å². The summed E-state index contributed by atoms with van der Waals surface area (Å²) in [7, 11) is 1.76. The van der Waals surface area contributed by atoms with Gasteiger partial charge in [-0.2, -0.15) is 0 Å². The van der Waals surface area contributed by atoms with Crippen molar-refractivity contribution >= 4 is 22.8 Å². The third kappa shape index (κ3) is 3.24. The number of nitrogens with one attached hydrogen (secondary N) is 2. The molecule has 0 spiro atoms. The van der Waals surface area contributed by atoms with Crippen LogP contribution in [0.4, 0.5) is 10.5 Å². The molecule has 0 aliphatic heterocycles. The first kappa shape index (κ1) is 16.0. The van der Waals surface area contributed by atoms with Gasteiger partial charge in [0, 0.05) is 38.1 Å². The van der Waals surface area contributed by atoms with Gasteiger partial charge in [-0.05, 0) is 25.1 Å². The maximum atomic E-state index is 12.4. The molecule has 3 aromatic rings. The van der Waals surface area contributed by atoms with Gasteiger partial charge in [-0.3, -0.25) is 0 Å². The molecule has 2 N–H and O–H groups in total. The van der Waals surface area contributed by atoms with Crippen molar-refractivity contribution in [2.24, 2.45) is 0 Å². The van der Waals surface area contributed by atoms with Crippen LogP contribution in [0.2, 0.25) is 0 Å². The van der Waals surface area contributed by atoms with Crippen LogP contribution in [-0.2, 0) is 19.5 Å². The number of imidazole rings is 2. The third-order valence-corrected chi connectivity index (χ3v) is 3.98. The van der Waals surface area contributed by atoms with Crippen molar-refractivity contribution < 1.29 is 4.79 Å². The van der Waals surface area contributed by atoms with Gasteiger partial charge in [0.05, 0.1) is 17.6 Å². The van der Waals surface area contributed by atoms with Crippen LogP contribution in [0.25, 0.3) is 11.0 Å². The monoisotopic (exact) mass is 326 g/mol. The first-order valence-corrected chi connectivity index (χ1v) is 8.11. The van der Waals surface area contributed by atoms with Crippen molar-refractivity contribution in [3.05, 3.63) is 42.2 Å². The van der Waals surface area contributed by atoms with Crippen molar-refractivity contribution in [2.75, 3.05) is 12.4 Å². The van der Waals surface area contributed by atoms with E-state index in [0.29, 0.717) is 6.54 Å². The number of hydrogen-bond donors (Lipinski definition) is 2. The Morgan fingerprint density at radius 1 is 1.38 bits per heavy atom. The predicted octanol–water partition coefficient (Wildman–Crippen LogP) is 3.01. The van der Waals surface area contributed by atoms with E-state index in [4.69, 9.17) is 0 Å². The van der Waals surface area contributed by atoms with E-state index in [0.717, 1.165) is 41.3 Å². The summed E-state index contributed by atoms with van der Waals surface area (Å²) in [6, 6.07) is 5.50. The highest BCUT2D eigenvalue weighted by molar-refractivity contribution is 5.91. The largest absolute Gasteiger partial charge is 0.342 e. The highest BCUT2D eigenvalue weighted by atomic mass is 16.2. The lowest BCUT2D eigenvalue weighted by atomic mass is 10.3. The lowest BCUT2D eigenvalue weighted by Crippen LogP contribution is -2.31. The fourth-order valence-electron chi connectivity index (χ4n) is 2.59. The highest BCUT2D eigenvalue weighted by Gasteiger charge is 2.13. The average Bonchev–Trinajstić information content (AvgIpc) is 3.20. The van der Waals surface area contributed by atoms with Gasteiger partial charge in [-0.25, -0.2) is 14.8 Å². The van der Waals surface area contributed by atoms with E-state index in [1.165, 1.54) is 0 Å². The summed E-state index contributed by atoms with van der Waals surface area (Å²) >= 11 is 0. The molecule has 0 saturated heterocycles. The molecule has 2 aromatic heterocycles. The SMILES string of the molecule is CCc1nc2ccc(NC(=O)N(C)Cc3nccn3CC)cc2[nH]1. The number of fused-ring (bicyclic) bond motifs is 1. The van der Waals surface area contributed by atoms with Crippen LogP contribution < -0.4 is 5.32 Å². The van der Waals surface area contributed by atoms with Crippen molar-refractivity contribution in [3.8, 4) is 0 Å². The summed E-state index contributed by atoms with van der Waals surface area (Å²) in [5.41, 5.74) is 2.57. The zero-order chi connectivity index (χ0) is 17.1. The van der Waals surface area contributed by atoms with E-state index in [1.54, 1.807) is 18.1 Å². The predicted molar refractivity (Wildman–Crippen MR) is 93.9 cm³/mol. The number of aromatic nitrogens is 4. The van der Waals surface area contributed by atoms with E-state index in [9.17, 15) is 4.79 Å². The van der Waals surface area contributed by atoms with Gasteiger partial charge in [0.15, 0.2) is 0 Å². The fraction of sp³-hybridized carbons (Fsp3) is 0.353. The van der Waals surface area contributed by atoms with Gasteiger partial charge in [0.25, 0.3) is 0 Å². The van der Waals surface area contributed by atoms with Crippen LogP contribution in [0.3, 0.4) is 0 Å². The number of carbonyl (C=O) groups excluding carboxylic acids is 1. The normalized spacial score (nSPS) is 11.0. The maximum absolute atomic E-state index is 12.4. The molecule has 7 heteroatoms. The van der Waals surface area contributed by atoms with E-state index in [2.05, 4.69) is 34.1 Å². The minimum Gasteiger partial charge on any atom is -0.342 e. The minimum absolute atomic E-state index is 0.171. The number of aryl methyl sites for hydroxylation is 2. The molecule has 0 atom stereocenters. The Balaban J connectivity index is 1.69. The summed E-state index contributed by atoms with van der Waals surface area (Å²) in [5.74, 6) is 1.81. The summed E-state index contributed by atoms with van der Waals surface area (Å²) < 4.78 is 2.02. The zero-order valence-corrected chi connectivity index (χ0v) is 14.2. The van der Waals surface area contributed by atoms with Crippen molar-refractivity contribution in [1.29, 1.82) is 0 Å². The Morgan fingerprint density at radius 2 is 2.21 bits per heavy atom. The number of nitrogens with zero attached hydrogens (tertiary/aromatic N) is 4. The van der Waals surface area contributed by atoms with E-state index in [1.807, 2.05) is 29.0 Å². The lowest BCUT2D eigenvalue weighted by Gasteiger charge is -2.18. The van der Waals surface area contributed by atoms with Crippen LogP contribution in [0.15, 0.2) is 30.6 Å². The standard InChI is InChI=1S/C17H22N6O/c1-4-15-20-13-7-6-12(10-14(13)21-15)19-17(24)22(3)11-16-18-8-9-23(16)5-2/h6-10H,4-5,11H2,1-3H3,(H,19,24)(H,20,21). The van der Waals surface area contributed by atoms with Gasteiger partial charge in [0.1, 0.15) is 11.6 Å². The van der Waals surface area contributed by atoms with Crippen molar-refractivity contribution in [3.63, 3.8) is 0 Å². The summed E-state index contributed by atoms with van der Waals surface area (Å²) in [6.07, 6.45) is 4.52. The first-order chi connectivity index (χ1) is 11.6. The van der Waals surface area contributed by atoms with Gasteiger partial charge in [0.2, 0.25) is 0 Å². The Bertz CT molecular complexity index is 850. The van der Waals surface area contributed by atoms with Crippen LogP contribution >= 0.6 is 0 Å². The molecule has 0 radical (unpaired) electrons. The average molecular weight is 326 g/mol. The molecule has 2 amide bonds. The second-order valence-electron chi connectivity index (χ2n) is 5.68. The Kier molecular flexibility index (Phi) is 4.50. The lowest BCUT2D eigenvalue weighted by molar-refractivity contribution is 0.219. The Morgan fingerprint density at radius 3 is 2.96 bits per heavy atom. The molecule has 3 rings (SSSR count). The van der Waals surface area contributed by atoms with Crippen molar-refractivity contribution in [2.45, 2.75) is 33.4 Å². The Hall–Kier alpha value is -2.83. The maximum Gasteiger partial charge on any atom is 0.321 e. The molecule has 0 saturated carbocycles. The molecule has 0 fully saturated rings. The highest BCUT2D eigenvalue weighted by Crippen LogP contribution is 2.18. The molecule has 0 unspecified atom stereocenters. The van der Waals surface area contributed by atoms with Gasteiger partial charge >= 0.3 is 6.03 Å². The van der Waals surface area contributed by atoms with Gasteiger partial charge in [-0.1, -0.05) is 6.92 Å². The molecule has 2 heterocycles. The van der Waals surface area contributed by atoms with Crippen LogP contribution in [0.1, 0.15) is 25.5 Å². The third-order valence-electron chi connectivity index (χ3n) is 3.98. The minimum atomic E-state index is -0.171. The van der Waals surface area contributed by atoms with E-state index >= 15 is 0 Å². The van der Waals surface area contributed by atoms with Gasteiger partial charge < -0.3 is 19.8 Å². The molecule has 126 valence electrons. The smallest absolute Gasteiger partial charge is 0.321 e. The van der Waals surface area contributed by atoms with E-state index in [-0.39, 0.29) is 6.03 Å². The molecule has 1 aromatic carbocycles. The summed E-state index contributed by atoms with van der Waals surface area (Å²) in [4.78, 5) is 26.0. The number of aromatic amines is 1. The number of anilines is 1. The topological polar surface area (TPSA) is 78.8 Å². The number of H-pyrrole nitrogens is 1. The number of urea groups is 1. The Labute approximate surface area is 140 Å². The van der Waals surface area contributed by atoms with Crippen LogP contribution in [0, 0.1) is 0 Å².